The number of nitrogens with zero attached hydrogens (tertiary/aromatic N) is 1. The molecule has 6 nitrogen and oxygen atoms in total. The number of hydrogen-bond acceptors (Lipinski definition) is 4. The van der Waals surface area contributed by atoms with E-state index in [1.165, 1.54) is 12.2 Å². The molecule has 0 saturated carbocycles. The number of nitrogens with one attached hydrogen (secondary N) is 1. The maximum Gasteiger partial charge on any atom is 0.253 e. The third-order valence-electron chi connectivity index (χ3n) is 3.22. The highest BCUT2D eigenvalue weighted by atomic mass is 16.5. The molecule has 0 aromatic heterocycles. The average Bonchev–Trinajstić information content (AvgIpc) is 2.69. The van der Waals surface area contributed by atoms with E-state index in [1.807, 2.05) is 20.8 Å². The van der Waals surface area contributed by atoms with Crippen LogP contribution in [0.2, 0.25) is 0 Å². The van der Waals surface area contributed by atoms with Crippen molar-refractivity contribution in [3.05, 3.63) is 12.2 Å². The van der Waals surface area contributed by atoms with Crippen molar-refractivity contribution in [1.29, 1.82) is 0 Å². The van der Waals surface area contributed by atoms with E-state index in [2.05, 4.69) is 5.32 Å². The fourth-order valence-electron chi connectivity index (χ4n) is 1.57. The smallest absolute Gasteiger partial charge is 0.253 e. The predicted molar refractivity (Wildman–Crippen MR) is 73.7 cm³/mol. The Kier molecular flexibility index (Phi) is 6.38. The number of carbonyl (C=O) groups is 3. The van der Waals surface area contributed by atoms with E-state index in [9.17, 15) is 14.4 Å². The molecule has 3 amide bonds. The molecule has 112 valence electrons. The molecule has 6 heteroatoms. The van der Waals surface area contributed by atoms with Gasteiger partial charge in [-0.15, -0.1) is 0 Å². The third kappa shape index (κ3) is 5.13. The normalized spacial score (nSPS) is 16.1. The van der Waals surface area contributed by atoms with E-state index >= 15 is 0 Å². The Labute approximate surface area is 119 Å². The maximum absolute atomic E-state index is 11.6. The summed E-state index contributed by atoms with van der Waals surface area (Å²) >= 11 is 0. The zero-order valence-corrected chi connectivity index (χ0v) is 12.2. The molecule has 1 aliphatic heterocycles. The van der Waals surface area contributed by atoms with Crippen molar-refractivity contribution >= 4 is 17.7 Å². The maximum atomic E-state index is 11.6. The van der Waals surface area contributed by atoms with Crippen LogP contribution < -0.4 is 5.32 Å². The molecule has 0 spiro atoms. The van der Waals surface area contributed by atoms with Gasteiger partial charge in [0.15, 0.2) is 0 Å². The van der Waals surface area contributed by atoms with E-state index in [1.54, 1.807) is 0 Å². The first kappa shape index (κ1) is 16.4. The summed E-state index contributed by atoms with van der Waals surface area (Å²) in [5.74, 6) is -0.301. The lowest BCUT2D eigenvalue weighted by Gasteiger charge is -2.17. The molecule has 0 aromatic carbocycles. The van der Waals surface area contributed by atoms with Crippen molar-refractivity contribution < 1.29 is 19.1 Å². The van der Waals surface area contributed by atoms with Gasteiger partial charge in [-0.05, 0) is 12.8 Å². The highest BCUT2D eigenvalue weighted by Crippen LogP contribution is 2.03. The lowest BCUT2D eigenvalue weighted by atomic mass is 10.1. The van der Waals surface area contributed by atoms with Crippen LogP contribution in [-0.2, 0) is 19.1 Å². The number of hydrogen-bond donors (Lipinski definition) is 1. The largest absolute Gasteiger partial charge is 0.379 e. The van der Waals surface area contributed by atoms with Crippen molar-refractivity contribution in [3.63, 3.8) is 0 Å². The van der Waals surface area contributed by atoms with Crippen LogP contribution in [0.25, 0.3) is 0 Å². The molecule has 0 radical (unpaired) electrons. The Morgan fingerprint density at radius 1 is 1.20 bits per heavy atom. The van der Waals surface area contributed by atoms with Crippen molar-refractivity contribution in [2.75, 3.05) is 19.8 Å². The van der Waals surface area contributed by atoms with E-state index in [0.29, 0.717) is 5.92 Å². The minimum Gasteiger partial charge on any atom is -0.379 e. The quantitative estimate of drug-likeness (QED) is 0.519. The molecule has 0 aromatic rings. The summed E-state index contributed by atoms with van der Waals surface area (Å²) in [5, 5.41) is 2.88. The van der Waals surface area contributed by atoms with Gasteiger partial charge in [-0.3, -0.25) is 19.3 Å². The van der Waals surface area contributed by atoms with Gasteiger partial charge in [0.25, 0.3) is 11.8 Å². The summed E-state index contributed by atoms with van der Waals surface area (Å²) in [6, 6.07) is 0.133. The number of ether oxygens (including phenoxy) is 1. The van der Waals surface area contributed by atoms with E-state index in [4.69, 9.17) is 4.74 Å². The predicted octanol–water partition coefficient (Wildman–Crippen LogP) is 0.479. The Morgan fingerprint density at radius 2 is 1.80 bits per heavy atom. The summed E-state index contributed by atoms with van der Waals surface area (Å²) in [6.07, 6.45) is 2.75. The van der Waals surface area contributed by atoms with Gasteiger partial charge in [0.1, 0.15) is 0 Å². The van der Waals surface area contributed by atoms with Gasteiger partial charge in [0.05, 0.1) is 19.8 Å². The van der Waals surface area contributed by atoms with Gasteiger partial charge in [-0.25, -0.2) is 0 Å². The average molecular weight is 282 g/mol. The van der Waals surface area contributed by atoms with Crippen molar-refractivity contribution in [1.82, 2.24) is 10.2 Å². The first-order valence-electron chi connectivity index (χ1n) is 6.82. The standard InChI is InChI=1S/C14H22N2O4/c1-10(2)11(3)15-12(17)6-8-20-9-7-16-13(18)4-5-14(16)19/h4-5,10-11H,6-9H2,1-3H3,(H,15,17). The van der Waals surface area contributed by atoms with Gasteiger partial charge in [-0.1, -0.05) is 13.8 Å². The molecule has 0 bridgehead atoms. The topological polar surface area (TPSA) is 75.7 Å². The van der Waals surface area contributed by atoms with Crippen LogP contribution in [-0.4, -0.2) is 48.4 Å². The molecule has 1 heterocycles. The SMILES string of the molecule is CC(C)C(C)NC(=O)CCOCCN1C(=O)C=CC1=O. The van der Waals surface area contributed by atoms with Crippen molar-refractivity contribution in [2.24, 2.45) is 5.92 Å². The molecule has 1 aliphatic rings. The minimum atomic E-state index is -0.317. The van der Waals surface area contributed by atoms with E-state index in [-0.39, 0.29) is 49.9 Å². The fourth-order valence-corrected chi connectivity index (χ4v) is 1.57. The van der Waals surface area contributed by atoms with Crippen LogP contribution in [0.1, 0.15) is 27.2 Å². The molecule has 0 aliphatic carbocycles. The number of rotatable bonds is 8. The molecule has 20 heavy (non-hydrogen) atoms. The number of amides is 3. The van der Waals surface area contributed by atoms with Crippen LogP contribution in [0, 0.1) is 5.92 Å². The van der Waals surface area contributed by atoms with Crippen molar-refractivity contribution in [3.8, 4) is 0 Å². The Hall–Kier alpha value is -1.69. The van der Waals surface area contributed by atoms with Gasteiger partial charge in [-0.2, -0.15) is 0 Å². The number of carbonyl (C=O) groups excluding carboxylic acids is 3. The lowest BCUT2D eigenvalue weighted by molar-refractivity contribution is -0.138. The molecule has 1 N–H and O–H groups in total. The highest BCUT2D eigenvalue weighted by Gasteiger charge is 2.22. The summed E-state index contributed by atoms with van der Waals surface area (Å²) in [5.41, 5.74) is 0. The summed E-state index contributed by atoms with van der Waals surface area (Å²) in [7, 11) is 0. The Balaban J connectivity index is 2.09. The monoisotopic (exact) mass is 282 g/mol. The van der Waals surface area contributed by atoms with Crippen molar-refractivity contribution in [2.45, 2.75) is 33.2 Å². The van der Waals surface area contributed by atoms with Crippen LogP contribution in [0.15, 0.2) is 12.2 Å². The molecule has 0 saturated heterocycles. The second-order valence-electron chi connectivity index (χ2n) is 5.12. The fraction of sp³-hybridized carbons (Fsp3) is 0.643. The van der Waals surface area contributed by atoms with Crippen LogP contribution in [0.3, 0.4) is 0 Å². The molecule has 1 atom stereocenters. The number of imide groups is 1. The summed E-state index contributed by atoms with van der Waals surface area (Å²) < 4.78 is 5.27. The molecule has 0 fully saturated rings. The minimum absolute atomic E-state index is 0.0545. The second kappa shape index (κ2) is 7.79. The molecule has 1 rings (SSSR count). The molecular weight excluding hydrogens is 260 g/mol. The summed E-state index contributed by atoms with van der Waals surface area (Å²) in [6.45, 7) is 6.78. The Morgan fingerprint density at radius 3 is 2.35 bits per heavy atom. The molecular formula is C14H22N2O4. The van der Waals surface area contributed by atoms with Crippen LogP contribution >= 0.6 is 0 Å². The second-order valence-corrected chi connectivity index (χ2v) is 5.12. The van der Waals surface area contributed by atoms with Crippen LogP contribution in [0.5, 0.6) is 0 Å². The summed E-state index contributed by atoms with van der Waals surface area (Å²) in [4.78, 5) is 35.2. The van der Waals surface area contributed by atoms with Crippen LogP contribution in [0.4, 0.5) is 0 Å². The lowest BCUT2D eigenvalue weighted by Crippen LogP contribution is -2.37. The van der Waals surface area contributed by atoms with Gasteiger partial charge in [0.2, 0.25) is 5.91 Å². The zero-order valence-electron chi connectivity index (χ0n) is 12.2. The zero-order chi connectivity index (χ0) is 15.1. The van der Waals surface area contributed by atoms with Gasteiger partial charge >= 0.3 is 0 Å². The van der Waals surface area contributed by atoms with E-state index < -0.39 is 0 Å². The molecule has 1 unspecified atom stereocenters. The third-order valence-corrected chi connectivity index (χ3v) is 3.22. The van der Waals surface area contributed by atoms with E-state index in [0.717, 1.165) is 4.90 Å². The van der Waals surface area contributed by atoms with Gasteiger partial charge < -0.3 is 10.1 Å². The Bertz CT molecular complexity index is 386. The van der Waals surface area contributed by atoms with Gasteiger partial charge in [0, 0.05) is 24.6 Å². The first-order valence-corrected chi connectivity index (χ1v) is 6.82. The first-order chi connectivity index (χ1) is 9.41. The highest BCUT2D eigenvalue weighted by molar-refractivity contribution is 6.12.